The molecule has 21 heavy (non-hydrogen) atoms. The average Bonchev–Trinajstić information content (AvgIpc) is 2.45. The van der Waals surface area contributed by atoms with Crippen molar-refractivity contribution in [2.24, 2.45) is 5.92 Å². The highest BCUT2D eigenvalue weighted by Gasteiger charge is 2.28. The number of carbonyl (C=O) groups is 2. The van der Waals surface area contributed by atoms with E-state index in [9.17, 15) is 14.7 Å². The van der Waals surface area contributed by atoms with Crippen LogP contribution in [-0.2, 0) is 9.53 Å². The Labute approximate surface area is 123 Å². The Kier molecular flexibility index (Phi) is 4.67. The fourth-order valence-electron chi connectivity index (χ4n) is 2.06. The Bertz CT molecular complexity index is 513. The van der Waals surface area contributed by atoms with Gasteiger partial charge in [0.25, 0.3) is 0 Å². The van der Waals surface area contributed by atoms with Crippen LogP contribution in [0.1, 0.15) is 13.8 Å². The lowest BCUT2D eigenvalue weighted by molar-refractivity contribution is -0.120. The summed E-state index contributed by atoms with van der Waals surface area (Å²) in [5.41, 5.74) is 0.716. The van der Waals surface area contributed by atoms with Gasteiger partial charge in [-0.05, 0) is 30.2 Å². The molecule has 0 aromatic heterocycles. The first-order chi connectivity index (χ1) is 9.97. The largest absolute Gasteiger partial charge is 0.508 e. The van der Waals surface area contributed by atoms with Crippen molar-refractivity contribution in [3.63, 3.8) is 0 Å². The molecule has 0 atom stereocenters. The maximum Gasteiger partial charge on any atom is 0.410 e. The number of piperazine rings is 1. The van der Waals surface area contributed by atoms with Crippen LogP contribution in [0.15, 0.2) is 24.3 Å². The molecule has 1 N–H and O–H groups in total. The highest BCUT2D eigenvalue weighted by atomic mass is 16.6. The molecule has 0 spiro atoms. The molecule has 6 heteroatoms. The highest BCUT2D eigenvalue weighted by Crippen LogP contribution is 2.20. The molecule has 0 unspecified atom stereocenters. The van der Waals surface area contributed by atoms with Crippen molar-refractivity contribution in [2.75, 3.05) is 31.1 Å². The van der Waals surface area contributed by atoms with Crippen LogP contribution in [0.5, 0.6) is 5.75 Å². The number of aromatic hydroxyl groups is 1. The summed E-state index contributed by atoms with van der Waals surface area (Å²) < 4.78 is 5.13. The number of hydrogen-bond acceptors (Lipinski definition) is 4. The van der Waals surface area contributed by atoms with Gasteiger partial charge < -0.3 is 14.7 Å². The van der Waals surface area contributed by atoms with Crippen LogP contribution >= 0.6 is 0 Å². The standard InChI is InChI=1S/C15H20N2O4/c1-11(2)10-21-15(20)16-7-8-17(14(19)9-16)12-3-5-13(18)6-4-12/h3-6,11,18H,7-10H2,1-2H3. The molecule has 0 aliphatic carbocycles. The molecule has 1 aliphatic heterocycles. The van der Waals surface area contributed by atoms with Crippen LogP contribution in [0.2, 0.25) is 0 Å². The Morgan fingerprint density at radius 2 is 1.95 bits per heavy atom. The van der Waals surface area contributed by atoms with Gasteiger partial charge in [0.1, 0.15) is 12.3 Å². The number of hydrogen-bond donors (Lipinski definition) is 1. The fraction of sp³-hybridized carbons (Fsp3) is 0.467. The van der Waals surface area contributed by atoms with Crippen molar-refractivity contribution < 1.29 is 19.4 Å². The molecule has 6 nitrogen and oxygen atoms in total. The number of benzene rings is 1. The van der Waals surface area contributed by atoms with E-state index >= 15 is 0 Å². The molecule has 1 saturated heterocycles. The van der Waals surface area contributed by atoms with Crippen molar-refractivity contribution in [3.8, 4) is 5.75 Å². The van der Waals surface area contributed by atoms with Gasteiger partial charge in [-0.2, -0.15) is 0 Å². The van der Waals surface area contributed by atoms with Crippen LogP contribution in [0.4, 0.5) is 10.5 Å². The number of carbonyl (C=O) groups excluding carboxylic acids is 2. The normalized spacial score (nSPS) is 15.5. The SMILES string of the molecule is CC(C)COC(=O)N1CCN(c2ccc(O)cc2)C(=O)C1. The smallest absolute Gasteiger partial charge is 0.410 e. The van der Waals surface area contributed by atoms with Crippen molar-refractivity contribution in [3.05, 3.63) is 24.3 Å². The van der Waals surface area contributed by atoms with E-state index in [1.165, 1.54) is 17.0 Å². The van der Waals surface area contributed by atoms with Gasteiger partial charge in [0.15, 0.2) is 0 Å². The van der Waals surface area contributed by atoms with Gasteiger partial charge in [0.2, 0.25) is 5.91 Å². The van der Waals surface area contributed by atoms with E-state index in [1.807, 2.05) is 13.8 Å². The molecule has 2 amide bonds. The van der Waals surface area contributed by atoms with Crippen molar-refractivity contribution in [1.82, 2.24) is 4.90 Å². The fourth-order valence-corrected chi connectivity index (χ4v) is 2.06. The van der Waals surface area contributed by atoms with Gasteiger partial charge in [-0.15, -0.1) is 0 Å². The molecule has 114 valence electrons. The first-order valence-corrected chi connectivity index (χ1v) is 6.98. The molecule has 1 fully saturated rings. The molecule has 0 saturated carbocycles. The van der Waals surface area contributed by atoms with Gasteiger partial charge >= 0.3 is 6.09 Å². The summed E-state index contributed by atoms with van der Waals surface area (Å²) in [6, 6.07) is 6.43. The summed E-state index contributed by atoms with van der Waals surface area (Å²) in [4.78, 5) is 27.0. The molecular weight excluding hydrogens is 272 g/mol. The van der Waals surface area contributed by atoms with E-state index in [0.29, 0.717) is 25.4 Å². The maximum absolute atomic E-state index is 12.1. The summed E-state index contributed by atoms with van der Waals surface area (Å²) in [6.07, 6.45) is -0.442. The zero-order valence-corrected chi connectivity index (χ0v) is 12.3. The predicted octanol–water partition coefficient (Wildman–Crippen LogP) is 1.83. The second-order valence-corrected chi connectivity index (χ2v) is 5.45. The molecule has 2 rings (SSSR count). The molecule has 1 heterocycles. The number of anilines is 1. The number of ether oxygens (including phenoxy) is 1. The van der Waals surface area contributed by atoms with E-state index in [-0.39, 0.29) is 24.1 Å². The Balaban J connectivity index is 1.94. The average molecular weight is 292 g/mol. The van der Waals surface area contributed by atoms with Crippen molar-refractivity contribution >= 4 is 17.7 Å². The number of phenols is 1. The van der Waals surface area contributed by atoms with Crippen LogP contribution in [-0.4, -0.2) is 48.2 Å². The van der Waals surface area contributed by atoms with Crippen molar-refractivity contribution in [2.45, 2.75) is 13.8 Å². The van der Waals surface area contributed by atoms with Crippen LogP contribution < -0.4 is 4.90 Å². The van der Waals surface area contributed by atoms with Crippen LogP contribution in [0.25, 0.3) is 0 Å². The maximum atomic E-state index is 12.1. The monoisotopic (exact) mass is 292 g/mol. The first-order valence-electron chi connectivity index (χ1n) is 6.98. The summed E-state index contributed by atoms with van der Waals surface area (Å²) in [6.45, 7) is 5.13. The summed E-state index contributed by atoms with van der Waals surface area (Å²) >= 11 is 0. The summed E-state index contributed by atoms with van der Waals surface area (Å²) in [7, 11) is 0. The second kappa shape index (κ2) is 6.47. The second-order valence-electron chi connectivity index (χ2n) is 5.45. The summed E-state index contributed by atoms with van der Waals surface area (Å²) in [5.74, 6) is 0.262. The molecule has 1 aromatic rings. The Morgan fingerprint density at radius 1 is 1.29 bits per heavy atom. The zero-order chi connectivity index (χ0) is 15.4. The van der Waals surface area contributed by atoms with Gasteiger partial charge in [0.05, 0.1) is 6.61 Å². The van der Waals surface area contributed by atoms with Crippen LogP contribution in [0, 0.1) is 5.92 Å². The molecular formula is C15H20N2O4. The van der Waals surface area contributed by atoms with E-state index in [4.69, 9.17) is 4.74 Å². The van der Waals surface area contributed by atoms with Gasteiger partial charge in [0, 0.05) is 18.8 Å². The van der Waals surface area contributed by atoms with E-state index in [1.54, 1.807) is 17.0 Å². The zero-order valence-electron chi connectivity index (χ0n) is 12.3. The third-order valence-corrected chi connectivity index (χ3v) is 3.18. The minimum atomic E-state index is -0.442. The lowest BCUT2D eigenvalue weighted by atomic mass is 10.2. The molecule has 1 aliphatic rings. The molecule has 0 radical (unpaired) electrons. The van der Waals surface area contributed by atoms with E-state index < -0.39 is 6.09 Å². The lowest BCUT2D eigenvalue weighted by Crippen LogP contribution is -2.52. The minimum absolute atomic E-state index is 0.0117. The Hall–Kier alpha value is -2.24. The lowest BCUT2D eigenvalue weighted by Gasteiger charge is -2.33. The summed E-state index contributed by atoms with van der Waals surface area (Å²) in [5, 5.41) is 9.27. The predicted molar refractivity (Wildman–Crippen MR) is 78.2 cm³/mol. The number of nitrogens with zero attached hydrogens (tertiary/aromatic N) is 2. The minimum Gasteiger partial charge on any atom is -0.508 e. The quantitative estimate of drug-likeness (QED) is 0.922. The van der Waals surface area contributed by atoms with Gasteiger partial charge in [-0.25, -0.2) is 4.79 Å². The van der Waals surface area contributed by atoms with E-state index in [0.717, 1.165) is 0 Å². The highest BCUT2D eigenvalue weighted by molar-refractivity contribution is 5.97. The number of amides is 2. The Morgan fingerprint density at radius 3 is 2.52 bits per heavy atom. The third-order valence-electron chi connectivity index (χ3n) is 3.18. The number of rotatable bonds is 3. The first kappa shape index (κ1) is 15.2. The topological polar surface area (TPSA) is 70.1 Å². The van der Waals surface area contributed by atoms with Crippen LogP contribution in [0.3, 0.4) is 0 Å². The van der Waals surface area contributed by atoms with Gasteiger partial charge in [-0.1, -0.05) is 13.8 Å². The van der Waals surface area contributed by atoms with Gasteiger partial charge in [-0.3, -0.25) is 9.69 Å². The number of phenolic OH excluding ortho intramolecular Hbond substituents is 1. The molecule has 0 bridgehead atoms. The third kappa shape index (κ3) is 3.87. The van der Waals surface area contributed by atoms with E-state index in [2.05, 4.69) is 0 Å². The molecule has 1 aromatic carbocycles. The van der Waals surface area contributed by atoms with Crippen molar-refractivity contribution in [1.29, 1.82) is 0 Å².